The molecule has 18 heavy (non-hydrogen) atoms. The lowest BCUT2D eigenvalue weighted by atomic mass is 10.1. The fourth-order valence-electron chi connectivity index (χ4n) is 1.84. The van der Waals surface area contributed by atoms with Crippen LogP contribution in [0.2, 0.25) is 0 Å². The average molecular weight is 245 g/mol. The first kappa shape index (κ1) is 12.6. The van der Waals surface area contributed by atoms with Crippen LogP contribution in [0.15, 0.2) is 36.7 Å². The van der Waals surface area contributed by atoms with Gasteiger partial charge >= 0.3 is 0 Å². The SMILES string of the molecule is Cc1ccc(OCCn2cccn2)c([C@H](C)N)c1. The molecule has 4 heteroatoms. The fraction of sp³-hybridized carbons (Fsp3) is 0.357. The van der Waals surface area contributed by atoms with Crippen molar-refractivity contribution < 1.29 is 4.74 Å². The molecule has 0 unspecified atom stereocenters. The number of rotatable bonds is 5. The van der Waals surface area contributed by atoms with Crippen LogP contribution >= 0.6 is 0 Å². The number of nitrogens with zero attached hydrogens (tertiary/aromatic N) is 2. The first-order valence-corrected chi connectivity index (χ1v) is 6.13. The van der Waals surface area contributed by atoms with Crippen molar-refractivity contribution in [2.24, 2.45) is 5.73 Å². The number of aryl methyl sites for hydroxylation is 1. The van der Waals surface area contributed by atoms with Crippen LogP contribution in [0.3, 0.4) is 0 Å². The molecule has 1 aromatic carbocycles. The summed E-state index contributed by atoms with van der Waals surface area (Å²) in [6.45, 7) is 5.35. The zero-order chi connectivity index (χ0) is 13.0. The van der Waals surface area contributed by atoms with E-state index in [0.717, 1.165) is 17.9 Å². The van der Waals surface area contributed by atoms with Crippen LogP contribution in [0.5, 0.6) is 5.75 Å². The van der Waals surface area contributed by atoms with Crippen LogP contribution in [0.1, 0.15) is 24.1 Å². The Kier molecular flexibility index (Phi) is 3.99. The van der Waals surface area contributed by atoms with E-state index in [1.165, 1.54) is 5.56 Å². The summed E-state index contributed by atoms with van der Waals surface area (Å²) in [6, 6.07) is 7.98. The highest BCUT2D eigenvalue weighted by Gasteiger charge is 2.08. The van der Waals surface area contributed by atoms with Crippen LogP contribution in [0, 0.1) is 6.92 Å². The van der Waals surface area contributed by atoms with Gasteiger partial charge in [0.1, 0.15) is 12.4 Å². The molecule has 0 fully saturated rings. The Balaban J connectivity index is 2.00. The average Bonchev–Trinajstić information content (AvgIpc) is 2.84. The van der Waals surface area contributed by atoms with Crippen LogP contribution in [-0.2, 0) is 6.54 Å². The molecule has 0 amide bonds. The van der Waals surface area contributed by atoms with E-state index >= 15 is 0 Å². The van der Waals surface area contributed by atoms with E-state index in [4.69, 9.17) is 10.5 Å². The van der Waals surface area contributed by atoms with Gasteiger partial charge in [-0.15, -0.1) is 0 Å². The first-order chi connectivity index (χ1) is 8.66. The molecule has 1 atom stereocenters. The third kappa shape index (κ3) is 3.11. The van der Waals surface area contributed by atoms with Crippen molar-refractivity contribution in [1.82, 2.24) is 9.78 Å². The van der Waals surface area contributed by atoms with Gasteiger partial charge in [0, 0.05) is 24.0 Å². The van der Waals surface area contributed by atoms with Crippen LogP contribution in [-0.4, -0.2) is 16.4 Å². The molecule has 2 aromatic rings. The Morgan fingerprint density at radius 1 is 1.44 bits per heavy atom. The number of hydrogen-bond acceptors (Lipinski definition) is 3. The normalized spacial score (nSPS) is 12.4. The zero-order valence-electron chi connectivity index (χ0n) is 10.8. The molecule has 1 heterocycles. The fourth-order valence-corrected chi connectivity index (χ4v) is 1.84. The zero-order valence-corrected chi connectivity index (χ0v) is 10.8. The second kappa shape index (κ2) is 5.69. The minimum atomic E-state index is -0.0235. The predicted molar refractivity (Wildman–Crippen MR) is 71.5 cm³/mol. The topological polar surface area (TPSA) is 53.1 Å². The molecule has 0 bridgehead atoms. The third-order valence-corrected chi connectivity index (χ3v) is 2.79. The van der Waals surface area contributed by atoms with Crippen molar-refractivity contribution in [3.63, 3.8) is 0 Å². The maximum atomic E-state index is 5.95. The van der Waals surface area contributed by atoms with Crippen LogP contribution in [0.25, 0.3) is 0 Å². The standard InChI is InChI=1S/C14H19N3O/c1-11-4-5-14(13(10-11)12(2)15)18-9-8-17-7-3-6-16-17/h3-7,10,12H,8-9,15H2,1-2H3/t12-/m0/s1. The highest BCUT2D eigenvalue weighted by atomic mass is 16.5. The molecule has 1 aromatic heterocycles. The van der Waals surface area contributed by atoms with Gasteiger partial charge in [-0.1, -0.05) is 17.7 Å². The molecule has 2 N–H and O–H groups in total. The summed E-state index contributed by atoms with van der Waals surface area (Å²) in [7, 11) is 0. The van der Waals surface area contributed by atoms with E-state index < -0.39 is 0 Å². The van der Waals surface area contributed by atoms with Gasteiger partial charge < -0.3 is 10.5 Å². The highest BCUT2D eigenvalue weighted by Crippen LogP contribution is 2.24. The first-order valence-electron chi connectivity index (χ1n) is 6.13. The molecule has 0 aliphatic rings. The van der Waals surface area contributed by atoms with Gasteiger partial charge in [0.15, 0.2) is 0 Å². The molecule has 0 aliphatic heterocycles. The summed E-state index contributed by atoms with van der Waals surface area (Å²) < 4.78 is 7.63. The van der Waals surface area contributed by atoms with Crippen molar-refractivity contribution in [2.75, 3.05) is 6.61 Å². The highest BCUT2D eigenvalue weighted by molar-refractivity contribution is 5.38. The molecule has 0 aliphatic carbocycles. The third-order valence-electron chi connectivity index (χ3n) is 2.79. The summed E-state index contributed by atoms with van der Waals surface area (Å²) in [5.74, 6) is 0.864. The van der Waals surface area contributed by atoms with E-state index in [0.29, 0.717) is 6.61 Å². The molecular formula is C14H19N3O. The molecule has 96 valence electrons. The van der Waals surface area contributed by atoms with Crippen molar-refractivity contribution >= 4 is 0 Å². The molecular weight excluding hydrogens is 226 g/mol. The summed E-state index contributed by atoms with van der Waals surface area (Å²) in [6.07, 6.45) is 3.68. The van der Waals surface area contributed by atoms with Crippen molar-refractivity contribution in [1.29, 1.82) is 0 Å². The predicted octanol–water partition coefficient (Wildman–Crippen LogP) is 2.29. The van der Waals surface area contributed by atoms with Gasteiger partial charge in [0.25, 0.3) is 0 Å². The summed E-state index contributed by atoms with van der Waals surface area (Å²) >= 11 is 0. The van der Waals surface area contributed by atoms with E-state index in [2.05, 4.69) is 18.1 Å². The van der Waals surface area contributed by atoms with Gasteiger partial charge in [-0.05, 0) is 26.0 Å². The number of ether oxygens (including phenoxy) is 1. The number of aromatic nitrogens is 2. The van der Waals surface area contributed by atoms with E-state index in [1.807, 2.05) is 36.0 Å². The Hall–Kier alpha value is -1.81. The minimum Gasteiger partial charge on any atom is -0.491 e. The van der Waals surface area contributed by atoms with Crippen molar-refractivity contribution in [3.8, 4) is 5.75 Å². The van der Waals surface area contributed by atoms with Gasteiger partial charge in [-0.3, -0.25) is 4.68 Å². The lowest BCUT2D eigenvalue weighted by Gasteiger charge is -2.14. The summed E-state index contributed by atoms with van der Waals surface area (Å²) in [5, 5.41) is 4.13. The van der Waals surface area contributed by atoms with Gasteiger partial charge in [0.05, 0.1) is 6.54 Å². The quantitative estimate of drug-likeness (QED) is 0.879. The van der Waals surface area contributed by atoms with E-state index in [-0.39, 0.29) is 6.04 Å². The Morgan fingerprint density at radius 3 is 2.94 bits per heavy atom. The Labute approximate surface area is 107 Å². The maximum absolute atomic E-state index is 5.95. The number of benzene rings is 1. The molecule has 0 radical (unpaired) electrons. The maximum Gasteiger partial charge on any atom is 0.124 e. The van der Waals surface area contributed by atoms with E-state index in [9.17, 15) is 0 Å². The van der Waals surface area contributed by atoms with E-state index in [1.54, 1.807) is 6.20 Å². The molecule has 0 spiro atoms. The number of nitrogens with two attached hydrogens (primary N) is 1. The molecule has 4 nitrogen and oxygen atoms in total. The smallest absolute Gasteiger partial charge is 0.124 e. The minimum absolute atomic E-state index is 0.0235. The largest absolute Gasteiger partial charge is 0.491 e. The van der Waals surface area contributed by atoms with Gasteiger partial charge in [0.2, 0.25) is 0 Å². The Morgan fingerprint density at radius 2 is 2.28 bits per heavy atom. The summed E-state index contributed by atoms with van der Waals surface area (Å²) in [4.78, 5) is 0. The van der Waals surface area contributed by atoms with Crippen molar-refractivity contribution in [3.05, 3.63) is 47.8 Å². The second-order valence-electron chi connectivity index (χ2n) is 4.45. The monoisotopic (exact) mass is 245 g/mol. The lowest BCUT2D eigenvalue weighted by molar-refractivity contribution is 0.287. The van der Waals surface area contributed by atoms with Crippen LogP contribution < -0.4 is 10.5 Å². The molecule has 2 rings (SSSR count). The van der Waals surface area contributed by atoms with Gasteiger partial charge in [-0.2, -0.15) is 5.10 Å². The molecule has 0 saturated heterocycles. The molecule has 0 saturated carbocycles. The van der Waals surface area contributed by atoms with Gasteiger partial charge in [-0.25, -0.2) is 0 Å². The summed E-state index contributed by atoms with van der Waals surface area (Å²) in [5.41, 5.74) is 8.20. The van der Waals surface area contributed by atoms with Crippen LogP contribution in [0.4, 0.5) is 0 Å². The lowest BCUT2D eigenvalue weighted by Crippen LogP contribution is -2.12. The second-order valence-corrected chi connectivity index (χ2v) is 4.45. The van der Waals surface area contributed by atoms with Crippen molar-refractivity contribution in [2.45, 2.75) is 26.4 Å². The number of hydrogen-bond donors (Lipinski definition) is 1. The Bertz CT molecular complexity index is 492.